The summed E-state index contributed by atoms with van der Waals surface area (Å²) >= 11 is 0. The topological polar surface area (TPSA) is 35.9 Å². The number of amidine groups is 1. The first-order valence-corrected chi connectivity index (χ1v) is 8.62. The van der Waals surface area contributed by atoms with Gasteiger partial charge in [-0.3, -0.25) is 14.7 Å². The highest BCUT2D eigenvalue weighted by molar-refractivity contribution is 6.07. The number of aryl methyl sites for hydroxylation is 1. The molecular formula is C19H25N3O. The SMILES string of the molecule is CC1=N[C@@]2(CC[C@@H]3CN(Cc4cccc(C)c4)C[C@@H]32)C(=O)N1C. The lowest BCUT2D eigenvalue weighted by molar-refractivity contribution is -0.131. The second-order valence-electron chi connectivity index (χ2n) is 7.54. The molecule has 3 atom stereocenters. The number of aliphatic imine (C=N–C) groups is 1. The van der Waals surface area contributed by atoms with Gasteiger partial charge in [0.15, 0.2) is 0 Å². The van der Waals surface area contributed by atoms with Gasteiger partial charge in [-0.2, -0.15) is 0 Å². The Morgan fingerprint density at radius 3 is 2.83 bits per heavy atom. The number of rotatable bonds is 2. The molecular weight excluding hydrogens is 286 g/mol. The lowest BCUT2D eigenvalue weighted by atomic mass is 9.85. The van der Waals surface area contributed by atoms with E-state index >= 15 is 0 Å². The van der Waals surface area contributed by atoms with Gasteiger partial charge in [-0.1, -0.05) is 29.8 Å². The fourth-order valence-electron chi connectivity index (χ4n) is 4.84. The summed E-state index contributed by atoms with van der Waals surface area (Å²) in [4.78, 5) is 21.9. The van der Waals surface area contributed by atoms with Crippen molar-refractivity contribution >= 4 is 11.7 Å². The van der Waals surface area contributed by atoms with Gasteiger partial charge in [0, 0.05) is 32.6 Å². The Bertz CT molecular complexity index is 683. The molecule has 2 heterocycles. The van der Waals surface area contributed by atoms with E-state index in [1.807, 2.05) is 14.0 Å². The van der Waals surface area contributed by atoms with Gasteiger partial charge in [-0.05, 0) is 38.2 Å². The van der Waals surface area contributed by atoms with E-state index in [1.54, 1.807) is 4.90 Å². The monoisotopic (exact) mass is 311 g/mol. The lowest BCUT2D eigenvalue weighted by Crippen LogP contribution is -2.45. The molecule has 2 fully saturated rings. The first-order valence-electron chi connectivity index (χ1n) is 8.62. The number of likely N-dealkylation sites (tertiary alicyclic amines) is 1. The predicted molar refractivity (Wildman–Crippen MR) is 91.3 cm³/mol. The van der Waals surface area contributed by atoms with Crippen molar-refractivity contribution in [1.82, 2.24) is 9.80 Å². The van der Waals surface area contributed by atoms with E-state index in [0.29, 0.717) is 11.8 Å². The molecule has 3 aliphatic rings. The molecule has 0 radical (unpaired) electrons. The van der Waals surface area contributed by atoms with Gasteiger partial charge in [0.25, 0.3) is 5.91 Å². The third kappa shape index (κ3) is 2.23. The molecule has 1 aromatic carbocycles. The molecule has 1 spiro atoms. The molecule has 4 nitrogen and oxygen atoms in total. The van der Waals surface area contributed by atoms with E-state index in [4.69, 9.17) is 4.99 Å². The maximum absolute atomic E-state index is 12.8. The van der Waals surface area contributed by atoms with Crippen LogP contribution in [0.25, 0.3) is 0 Å². The zero-order valence-corrected chi connectivity index (χ0v) is 14.2. The maximum atomic E-state index is 12.8. The van der Waals surface area contributed by atoms with E-state index < -0.39 is 5.54 Å². The lowest BCUT2D eigenvalue weighted by Gasteiger charge is -2.27. The highest BCUT2D eigenvalue weighted by Crippen LogP contribution is 2.50. The minimum absolute atomic E-state index is 0.222. The molecule has 0 N–H and O–H groups in total. The molecule has 4 rings (SSSR count). The largest absolute Gasteiger partial charge is 0.302 e. The van der Waals surface area contributed by atoms with Crippen molar-refractivity contribution in [2.45, 2.75) is 38.8 Å². The molecule has 1 saturated carbocycles. The van der Waals surface area contributed by atoms with Crippen LogP contribution in [0.2, 0.25) is 0 Å². The standard InChI is InChI=1S/C19H25N3O/c1-13-5-4-6-15(9-13)10-22-11-16-7-8-19(17(16)12-22)18(23)21(3)14(2)20-19/h4-6,9,16-17H,7-8,10-12H2,1-3H3/t16-,17+,19-/m1/s1. The van der Waals surface area contributed by atoms with Crippen LogP contribution < -0.4 is 0 Å². The molecule has 0 bridgehead atoms. The van der Waals surface area contributed by atoms with Crippen molar-refractivity contribution in [3.05, 3.63) is 35.4 Å². The average Bonchev–Trinajstić information content (AvgIpc) is 3.11. The van der Waals surface area contributed by atoms with Crippen molar-refractivity contribution in [1.29, 1.82) is 0 Å². The Balaban J connectivity index is 1.53. The highest BCUT2D eigenvalue weighted by Gasteiger charge is 2.59. The molecule has 1 saturated heterocycles. The van der Waals surface area contributed by atoms with Gasteiger partial charge in [0.2, 0.25) is 0 Å². The summed E-state index contributed by atoms with van der Waals surface area (Å²) in [7, 11) is 1.86. The number of hydrogen-bond donors (Lipinski definition) is 0. The Hall–Kier alpha value is -1.68. The summed E-state index contributed by atoms with van der Waals surface area (Å²) in [5.74, 6) is 2.11. The van der Waals surface area contributed by atoms with Crippen LogP contribution in [0.5, 0.6) is 0 Å². The van der Waals surface area contributed by atoms with Gasteiger partial charge in [-0.15, -0.1) is 0 Å². The average molecular weight is 311 g/mol. The van der Waals surface area contributed by atoms with Crippen LogP contribution >= 0.6 is 0 Å². The van der Waals surface area contributed by atoms with Gasteiger partial charge < -0.3 is 4.90 Å². The van der Waals surface area contributed by atoms with E-state index in [2.05, 4.69) is 36.1 Å². The van der Waals surface area contributed by atoms with E-state index in [-0.39, 0.29) is 5.91 Å². The second-order valence-corrected chi connectivity index (χ2v) is 7.54. The van der Waals surface area contributed by atoms with Crippen LogP contribution in [0, 0.1) is 18.8 Å². The summed E-state index contributed by atoms with van der Waals surface area (Å²) < 4.78 is 0. The Morgan fingerprint density at radius 1 is 1.30 bits per heavy atom. The molecule has 23 heavy (non-hydrogen) atoms. The van der Waals surface area contributed by atoms with Gasteiger partial charge >= 0.3 is 0 Å². The van der Waals surface area contributed by atoms with Crippen LogP contribution in [0.4, 0.5) is 0 Å². The van der Waals surface area contributed by atoms with Crippen molar-refractivity contribution in [3.63, 3.8) is 0 Å². The summed E-state index contributed by atoms with van der Waals surface area (Å²) in [5.41, 5.74) is 2.23. The number of carbonyl (C=O) groups excluding carboxylic acids is 1. The molecule has 1 aromatic rings. The van der Waals surface area contributed by atoms with Crippen molar-refractivity contribution < 1.29 is 4.79 Å². The number of benzene rings is 1. The summed E-state index contributed by atoms with van der Waals surface area (Å²) in [5, 5.41) is 0. The summed E-state index contributed by atoms with van der Waals surface area (Å²) in [6, 6.07) is 8.74. The molecule has 1 aliphatic carbocycles. The number of nitrogens with zero attached hydrogens (tertiary/aromatic N) is 3. The first kappa shape index (κ1) is 14.9. The zero-order valence-electron chi connectivity index (χ0n) is 14.2. The summed E-state index contributed by atoms with van der Waals surface area (Å²) in [6.07, 6.45) is 2.06. The predicted octanol–water partition coefficient (Wildman–Crippen LogP) is 2.47. The van der Waals surface area contributed by atoms with E-state index in [9.17, 15) is 4.79 Å². The second kappa shape index (κ2) is 5.17. The van der Waals surface area contributed by atoms with Crippen molar-refractivity contribution in [3.8, 4) is 0 Å². The Morgan fingerprint density at radius 2 is 2.13 bits per heavy atom. The van der Waals surface area contributed by atoms with Crippen molar-refractivity contribution in [2.24, 2.45) is 16.8 Å². The Kier molecular flexibility index (Phi) is 3.34. The smallest absolute Gasteiger partial charge is 0.255 e. The van der Waals surface area contributed by atoms with Gasteiger partial charge in [0.05, 0.1) is 0 Å². The maximum Gasteiger partial charge on any atom is 0.255 e. The van der Waals surface area contributed by atoms with E-state index in [0.717, 1.165) is 38.3 Å². The first-order chi connectivity index (χ1) is 11.0. The van der Waals surface area contributed by atoms with Crippen LogP contribution in [0.1, 0.15) is 30.9 Å². The van der Waals surface area contributed by atoms with Crippen LogP contribution in [0.3, 0.4) is 0 Å². The highest BCUT2D eigenvalue weighted by atomic mass is 16.2. The van der Waals surface area contributed by atoms with Gasteiger partial charge in [0.1, 0.15) is 11.4 Å². The quantitative estimate of drug-likeness (QED) is 0.841. The molecule has 4 heteroatoms. The minimum Gasteiger partial charge on any atom is -0.302 e. The minimum atomic E-state index is -0.454. The zero-order chi connectivity index (χ0) is 16.2. The fourth-order valence-corrected chi connectivity index (χ4v) is 4.84. The molecule has 2 aliphatic heterocycles. The molecule has 122 valence electrons. The normalized spacial score (nSPS) is 33.6. The number of amides is 1. The summed E-state index contributed by atoms with van der Waals surface area (Å²) in [6.45, 7) is 7.18. The molecule has 0 aromatic heterocycles. The Labute approximate surface area is 138 Å². The van der Waals surface area contributed by atoms with Crippen LogP contribution in [0.15, 0.2) is 29.3 Å². The number of likely N-dealkylation sites (N-methyl/N-ethyl adjacent to an activating group) is 1. The third-order valence-electron chi connectivity index (χ3n) is 6.04. The number of hydrogen-bond acceptors (Lipinski definition) is 3. The molecule has 0 unspecified atom stereocenters. The number of fused-ring (bicyclic) bond motifs is 2. The van der Waals surface area contributed by atoms with Crippen LogP contribution in [-0.4, -0.2) is 47.2 Å². The third-order valence-corrected chi connectivity index (χ3v) is 6.04. The fraction of sp³-hybridized carbons (Fsp3) is 0.579. The van der Waals surface area contributed by atoms with Gasteiger partial charge in [-0.25, -0.2) is 0 Å². The van der Waals surface area contributed by atoms with E-state index in [1.165, 1.54) is 11.1 Å². The molecule has 1 amide bonds. The van der Waals surface area contributed by atoms with Crippen molar-refractivity contribution in [2.75, 3.05) is 20.1 Å². The number of carbonyl (C=O) groups is 1. The van der Waals surface area contributed by atoms with Crippen LogP contribution in [-0.2, 0) is 11.3 Å².